The fourth-order valence-corrected chi connectivity index (χ4v) is 3.34. The van der Waals surface area contributed by atoms with Gasteiger partial charge < -0.3 is 11.1 Å². The van der Waals surface area contributed by atoms with Gasteiger partial charge in [-0.05, 0) is 49.6 Å². The molecule has 1 aliphatic rings. The van der Waals surface area contributed by atoms with Gasteiger partial charge in [-0.3, -0.25) is 9.78 Å². The average molecular weight is 304 g/mol. The third kappa shape index (κ3) is 2.74. The summed E-state index contributed by atoms with van der Waals surface area (Å²) in [6.07, 6.45) is 4.72. The molecule has 0 saturated heterocycles. The van der Waals surface area contributed by atoms with Gasteiger partial charge in [0.05, 0.1) is 16.2 Å². The Morgan fingerprint density at radius 3 is 3.05 bits per heavy atom. The first-order valence-corrected chi connectivity index (χ1v) is 7.62. The zero-order valence-electron chi connectivity index (χ0n) is 11.7. The molecule has 2 aromatic rings. The van der Waals surface area contributed by atoms with Crippen molar-refractivity contribution in [2.75, 3.05) is 11.9 Å². The SMILES string of the molecule is NCC1CCCC1C(=O)Nc1ccc(Cl)c2cccnc12. The normalized spacial score (nSPS) is 21.6. The Hall–Kier alpha value is -1.65. The van der Waals surface area contributed by atoms with Gasteiger partial charge in [-0.15, -0.1) is 0 Å². The molecule has 4 nitrogen and oxygen atoms in total. The molecule has 0 radical (unpaired) electrons. The van der Waals surface area contributed by atoms with Crippen LogP contribution in [-0.2, 0) is 4.79 Å². The van der Waals surface area contributed by atoms with Gasteiger partial charge in [-0.2, -0.15) is 0 Å². The second-order valence-corrected chi connectivity index (χ2v) is 5.92. The highest BCUT2D eigenvalue weighted by atomic mass is 35.5. The first kappa shape index (κ1) is 14.3. The van der Waals surface area contributed by atoms with Crippen LogP contribution in [0.4, 0.5) is 5.69 Å². The van der Waals surface area contributed by atoms with Crippen LogP contribution in [0.25, 0.3) is 10.9 Å². The van der Waals surface area contributed by atoms with Crippen LogP contribution in [0, 0.1) is 11.8 Å². The highest BCUT2D eigenvalue weighted by Gasteiger charge is 2.32. The number of halogens is 1. The van der Waals surface area contributed by atoms with E-state index in [1.54, 1.807) is 12.3 Å². The summed E-state index contributed by atoms with van der Waals surface area (Å²) in [7, 11) is 0. The molecule has 1 amide bonds. The summed E-state index contributed by atoms with van der Waals surface area (Å²) >= 11 is 6.17. The number of fused-ring (bicyclic) bond motifs is 1. The van der Waals surface area contributed by atoms with Gasteiger partial charge in [-0.25, -0.2) is 0 Å². The minimum Gasteiger partial charge on any atom is -0.330 e. The molecule has 0 spiro atoms. The maximum atomic E-state index is 12.5. The molecule has 2 unspecified atom stereocenters. The third-order valence-corrected chi connectivity index (χ3v) is 4.60. The molecule has 1 aliphatic carbocycles. The molecule has 1 saturated carbocycles. The first-order valence-electron chi connectivity index (χ1n) is 7.25. The molecule has 2 atom stereocenters. The minimum absolute atomic E-state index is 0.00411. The Kier molecular flexibility index (Phi) is 4.08. The molecule has 110 valence electrons. The van der Waals surface area contributed by atoms with Crippen LogP contribution < -0.4 is 11.1 Å². The van der Waals surface area contributed by atoms with Gasteiger partial charge in [0, 0.05) is 17.5 Å². The van der Waals surface area contributed by atoms with E-state index >= 15 is 0 Å². The number of carbonyl (C=O) groups is 1. The van der Waals surface area contributed by atoms with Crippen molar-refractivity contribution in [2.24, 2.45) is 17.6 Å². The van der Waals surface area contributed by atoms with Crippen molar-refractivity contribution in [2.45, 2.75) is 19.3 Å². The summed E-state index contributed by atoms with van der Waals surface area (Å²) in [5, 5.41) is 4.48. The van der Waals surface area contributed by atoms with Crippen molar-refractivity contribution < 1.29 is 4.79 Å². The largest absolute Gasteiger partial charge is 0.330 e. The van der Waals surface area contributed by atoms with Crippen molar-refractivity contribution in [1.29, 1.82) is 0 Å². The number of anilines is 1. The first-order chi connectivity index (χ1) is 10.2. The summed E-state index contributed by atoms with van der Waals surface area (Å²) in [5.74, 6) is 0.332. The van der Waals surface area contributed by atoms with E-state index in [-0.39, 0.29) is 17.7 Å². The van der Waals surface area contributed by atoms with Crippen LogP contribution in [-0.4, -0.2) is 17.4 Å². The molecule has 5 heteroatoms. The number of aromatic nitrogens is 1. The van der Waals surface area contributed by atoms with Crippen LogP contribution in [0.15, 0.2) is 30.5 Å². The number of benzene rings is 1. The molecule has 1 heterocycles. The van der Waals surface area contributed by atoms with E-state index < -0.39 is 0 Å². The molecule has 0 bridgehead atoms. The summed E-state index contributed by atoms with van der Waals surface area (Å²) in [6.45, 7) is 0.567. The van der Waals surface area contributed by atoms with E-state index in [0.29, 0.717) is 17.3 Å². The fourth-order valence-electron chi connectivity index (χ4n) is 3.13. The number of hydrogen-bond donors (Lipinski definition) is 2. The molecule has 0 aliphatic heterocycles. The number of nitrogens with two attached hydrogens (primary N) is 1. The molecule has 3 rings (SSSR count). The highest BCUT2D eigenvalue weighted by molar-refractivity contribution is 6.35. The van der Waals surface area contributed by atoms with E-state index in [0.717, 1.165) is 30.2 Å². The molecular formula is C16H18ClN3O. The Balaban J connectivity index is 1.88. The Morgan fingerprint density at radius 2 is 2.24 bits per heavy atom. The topological polar surface area (TPSA) is 68.0 Å². The molecular weight excluding hydrogens is 286 g/mol. The summed E-state index contributed by atoms with van der Waals surface area (Å²) in [6, 6.07) is 7.33. The lowest BCUT2D eigenvalue weighted by Gasteiger charge is -2.18. The standard InChI is InChI=1S/C16H18ClN3O/c17-13-6-7-14(15-12(13)5-2-8-19-15)20-16(21)11-4-1-3-10(11)9-18/h2,5-8,10-11H,1,3-4,9,18H2,(H,20,21). The molecule has 3 N–H and O–H groups in total. The van der Waals surface area contributed by atoms with E-state index in [1.807, 2.05) is 18.2 Å². The number of nitrogens with zero attached hydrogens (tertiary/aromatic N) is 1. The lowest BCUT2D eigenvalue weighted by Crippen LogP contribution is -2.29. The summed E-state index contributed by atoms with van der Waals surface area (Å²) in [4.78, 5) is 16.8. The van der Waals surface area contributed by atoms with Crippen LogP contribution in [0.3, 0.4) is 0 Å². The van der Waals surface area contributed by atoms with Gasteiger partial charge in [0.15, 0.2) is 0 Å². The van der Waals surface area contributed by atoms with Crippen molar-refractivity contribution in [3.8, 4) is 0 Å². The average Bonchev–Trinajstić information content (AvgIpc) is 2.99. The predicted octanol–water partition coefficient (Wildman–Crippen LogP) is 3.20. The third-order valence-electron chi connectivity index (χ3n) is 4.27. The number of hydrogen-bond acceptors (Lipinski definition) is 3. The Labute approximate surface area is 128 Å². The second kappa shape index (κ2) is 6.00. The molecule has 1 fully saturated rings. The number of amides is 1. The van der Waals surface area contributed by atoms with Crippen molar-refractivity contribution >= 4 is 34.1 Å². The van der Waals surface area contributed by atoms with E-state index in [1.165, 1.54) is 0 Å². The number of nitrogens with one attached hydrogen (secondary N) is 1. The minimum atomic E-state index is 0.00411. The quantitative estimate of drug-likeness (QED) is 0.915. The monoisotopic (exact) mass is 303 g/mol. The maximum absolute atomic E-state index is 12.5. The van der Waals surface area contributed by atoms with Crippen molar-refractivity contribution in [3.63, 3.8) is 0 Å². The second-order valence-electron chi connectivity index (χ2n) is 5.52. The van der Waals surface area contributed by atoms with Gasteiger partial charge >= 0.3 is 0 Å². The lowest BCUT2D eigenvalue weighted by molar-refractivity contribution is -0.120. The Morgan fingerprint density at radius 1 is 1.38 bits per heavy atom. The van der Waals surface area contributed by atoms with Gasteiger partial charge in [-0.1, -0.05) is 18.0 Å². The van der Waals surface area contributed by atoms with Gasteiger partial charge in [0.2, 0.25) is 5.91 Å². The van der Waals surface area contributed by atoms with Crippen molar-refractivity contribution in [1.82, 2.24) is 4.98 Å². The van der Waals surface area contributed by atoms with E-state index in [4.69, 9.17) is 17.3 Å². The molecule has 1 aromatic carbocycles. The van der Waals surface area contributed by atoms with Crippen LogP contribution in [0.2, 0.25) is 5.02 Å². The number of carbonyl (C=O) groups excluding carboxylic acids is 1. The lowest BCUT2D eigenvalue weighted by atomic mass is 9.95. The number of rotatable bonds is 3. The molecule has 1 aromatic heterocycles. The van der Waals surface area contributed by atoms with Gasteiger partial charge in [0.25, 0.3) is 0 Å². The van der Waals surface area contributed by atoms with Gasteiger partial charge in [0.1, 0.15) is 0 Å². The highest BCUT2D eigenvalue weighted by Crippen LogP contribution is 2.33. The summed E-state index contributed by atoms with van der Waals surface area (Å²) in [5.41, 5.74) is 7.19. The number of pyridine rings is 1. The predicted molar refractivity (Wildman–Crippen MR) is 85.3 cm³/mol. The smallest absolute Gasteiger partial charge is 0.227 e. The van der Waals surface area contributed by atoms with Crippen LogP contribution >= 0.6 is 11.6 Å². The maximum Gasteiger partial charge on any atom is 0.227 e. The van der Waals surface area contributed by atoms with E-state index in [9.17, 15) is 4.79 Å². The van der Waals surface area contributed by atoms with Crippen LogP contribution in [0.5, 0.6) is 0 Å². The van der Waals surface area contributed by atoms with Crippen LogP contribution in [0.1, 0.15) is 19.3 Å². The molecule has 21 heavy (non-hydrogen) atoms. The van der Waals surface area contributed by atoms with Crippen molar-refractivity contribution in [3.05, 3.63) is 35.5 Å². The fraction of sp³-hybridized carbons (Fsp3) is 0.375. The summed E-state index contributed by atoms with van der Waals surface area (Å²) < 4.78 is 0. The zero-order chi connectivity index (χ0) is 14.8. The Bertz CT molecular complexity index is 674. The zero-order valence-corrected chi connectivity index (χ0v) is 12.4. The van der Waals surface area contributed by atoms with E-state index in [2.05, 4.69) is 10.3 Å².